The fraction of sp³-hybridized carbons (Fsp3) is 0.500. The number of benzene rings is 1. The third-order valence-corrected chi connectivity index (χ3v) is 4.93. The number of carbonyl (C=O) groups is 1. The molecule has 2 aliphatic rings. The van der Waals surface area contributed by atoms with Crippen molar-refractivity contribution in [3.05, 3.63) is 41.2 Å². The van der Waals surface area contributed by atoms with Gasteiger partial charge in [0.05, 0.1) is 24.8 Å². The van der Waals surface area contributed by atoms with Gasteiger partial charge in [-0.25, -0.2) is 9.18 Å². The Bertz CT molecular complexity index is 643. The van der Waals surface area contributed by atoms with Crippen LogP contribution in [0.5, 0.6) is 0 Å². The van der Waals surface area contributed by atoms with E-state index in [-0.39, 0.29) is 36.8 Å². The number of rotatable bonds is 5. The van der Waals surface area contributed by atoms with Crippen LogP contribution < -0.4 is 0 Å². The van der Waals surface area contributed by atoms with Gasteiger partial charge in [-0.1, -0.05) is 12.1 Å². The molecule has 1 aromatic rings. The Morgan fingerprint density at radius 1 is 1.29 bits per heavy atom. The highest BCUT2D eigenvalue weighted by Crippen LogP contribution is 2.43. The second kappa shape index (κ2) is 7.01. The number of fused-ring (bicyclic) bond motifs is 2. The van der Waals surface area contributed by atoms with E-state index in [1.54, 1.807) is 19.2 Å². The van der Waals surface area contributed by atoms with Crippen molar-refractivity contribution in [2.75, 3.05) is 28.1 Å². The molecular formula is C18H22FNO4. The molecule has 1 saturated heterocycles. The number of methoxy groups -OCH3 is 2. The first-order valence-corrected chi connectivity index (χ1v) is 7.96. The van der Waals surface area contributed by atoms with Crippen molar-refractivity contribution < 1.29 is 23.4 Å². The van der Waals surface area contributed by atoms with Crippen LogP contribution in [0.3, 0.4) is 0 Å². The molecule has 2 aliphatic heterocycles. The van der Waals surface area contributed by atoms with Crippen molar-refractivity contribution in [1.82, 2.24) is 4.90 Å². The lowest BCUT2D eigenvalue weighted by Gasteiger charge is -2.35. The lowest BCUT2D eigenvalue weighted by Crippen LogP contribution is -2.44. The van der Waals surface area contributed by atoms with Gasteiger partial charge in [-0.15, -0.1) is 0 Å². The molecule has 3 unspecified atom stereocenters. The molecule has 3 rings (SSSR count). The molecule has 0 N–H and O–H groups in total. The predicted molar refractivity (Wildman–Crippen MR) is 86.7 cm³/mol. The molecule has 0 aromatic heterocycles. The third kappa shape index (κ3) is 2.97. The van der Waals surface area contributed by atoms with Crippen molar-refractivity contribution in [2.45, 2.75) is 31.0 Å². The number of carbonyl (C=O) groups excluding carboxylic acids is 1. The van der Waals surface area contributed by atoms with Gasteiger partial charge in [0, 0.05) is 13.2 Å². The van der Waals surface area contributed by atoms with Crippen LogP contribution in [0.2, 0.25) is 0 Å². The van der Waals surface area contributed by atoms with Crippen molar-refractivity contribution in [3.63, 3.8) is 0 Å². The number of hydrogen-bond donors (Lipinski definition) is 0. The number of esters is 1. The third-order valence-electron chi connectivity index (χ3n) is 4.93. The average Bonchev–Trinajstić information content (AvgIpc) is 2.79. The summed E-state index contributed by atoms with van der Waals surface area (Å²) in [6.07, 6.45) is 1.39. The van der Waals surface area contributed by atoms with Gasteiger partial charge in [0.25, 0.3) is 0 Å². The van der Waals surface area contributed by atoms with Crippen LogP contribution in [0, 0.1) is 5.82 Å². The summed E-state index contributed by atoms with van der Waals surface area (Å²) in [6, 6.07) is 6.33. The fourth-order valence-electron chi connectivity index (χ4n) is 3.79. The van der Waals surface area contributed by atoms with E-state index in [2.05, 4.69) is 4.90 Å². The maximum absolute atomic E-state index is 13.3. The predicted octanol–water partition coefficient (Wildman–Crippen LogP) is 2.22. The second-order valence-corrected chi connectivity index (χ2v) is 6.21. The van der Waals surface area contributed by atoms with Gasteiger partial charge in [0.2, 0.25) is 0 Å². The average molecular weight is 335 g/mol. The highest BCUT2D eigenvalue weighted by molar-refractivity contribution is 6.00. The van der Waals surface area contributed by atoms with Crippen molar-refractivity contribution in [1.29, 1.82) is 0 Å². The summed E-state index contributed by atoms with van der Waals surface area (Å²) in [5, 5.41) is 0. The Balaban J connectivity index is 2.04. The molecule has 1 fully saturated rings. The van der Waals surface area contributed by atoms with Crippen LogP contribution in [0.1, 0.15) is 18.4 Å². The topological polar surface area (TPSA) is 48.0 Å². The Hall–Kier alpha value is -1.76. The number of ether oxygens (including phenoxy) is 3. The maximum atomic E-state index is 13.3. The molecule has 0 amide bonds. The first-order valence-electron chi connectivity index (χ1n) is 7.96. The molecule has 3 atom stereocenters. The molecule has 0 saturated carbocycles. The summed E-state index contributed by atoms with van der Waals surface area (Å²) >= 11 is 0. The standard InChI is InChI=1S/C18H22FNO4/c1-20-13-8-14(11-4-6-12(19)7-5-11)16(18(21)23-3)17(20)15(9-13)24-10-22-2/h4-7,13,15,17H,8-10H2,1-3H3. The fourth-order valence-corrected chi connectivity index (χ4v) is 3.79. The van der Waals surface area contributed by atoms with E-state index >= 15 is 0 Å². The van der Waals surface area contributed by atoms with Crippen LogP contribution in [0.15, 0.2) is 29.8 Å². The molecule has 130 valence electrons. The summed E-state index contributed by atoms with van der Waals surface area (Å²) in [7, 11) is 4.95. The van der Waals surface area contributed by atoms with Crippen molar-refractivity contribution >= 4 is 11.5 Å². The van der Waals surface area contributed by atoms with E-state index < -0.39 is 0 Å². The van der Waals surface area contributed by atoms with Gasteiger partial charge >= 0.3 is 5.97 Å². The summed E-state index contributed by atoms with van der Waals surface area (Å²) < 4.78 is 29.1. The van der Waals surface area contributed by atoms with Gasteiger partial charge < -0.3 is 14.2 Å². The van der Waals surface area contributed by atoms with E-state index in [0.717, 1.165) is 17.6 Å². The quantitative estimate of drug-likeness (QED) is 0.610. The van der Waals surface area contributed by atoms with Crippen LogP contribution >= 0.6 is 0 Å². The first-order chi connectivity index (χ1) is 11.6. The second-order valence-electron chi connectivity index (χ2n) is 6.21. The molecule has 0 spiro atoms. The van der Waals surface area contributed by atoms with Crippen molar-refractivity contribution in [3.8, 4) is 0 Å². The minimum absolute atomic E-state index is 0.132. The summed E-state index contributed by atoms with van der Waals surface area (Å²) in [5.74, 6) is -0.659. The van der Waals surface area contributed by atoms with Gasteiger partial charge in [0.15, 0.2) is 0 Å². The summed E-state index contributed by atoms with van der Waals surface area (Å²) in [5.41, 5.74) is 2.37. The molecule has 2 bridgehead atoms. The normalized spacial score (nSPS) is 26.8. The minimum atomic E-state index is -0.363. The highest BCUT2D eigenvalue weighted by atomic mass is 19.1. The zero-order valence-corrected chi connectivity index (χ0v) is 14.1. The molecular weight excluding hydrogens is 313 g/mol. The Labute approximate surface area is 141 Å². The van der Waals surface area contributed by atoms with Gasteiger partial charge in [-0.05, 0) is 43.2 Å². The highest BCUT2D eigenvalue weighted by Gasteiger charge is 2.48. The zero-order chi connectivity index (χ0) is 17.3. The van der Waals surface area contributed by atoms with Gasteiger partial charge in [0.1, 0.15) is 12.6 Å². The molecule has 0 radical (unpaired) electrons. The maximum Gasteiger partial charge on any atom is 0.335 e. The van der Waals surface area contributed by atoms with E-state index in [1.807, 2.05) is 7.05 Å². The summed E-state index contributed by atoms with van der Waals surface area (Å²) in [6.45, 7) is 0.183. The van der Waals surface area contributed by atoms with E-state index in [0.29, 0.717) is 12.0 Å². The molecule has 24 heavy (non-hydrogen) atoms. The molecule has 5 nitrogen and oxygen atoms in total. The van der Waals surface area contributed by atoms with Crippen LogP contribution in [-0.2, 0) is 19.0 Å². The Kier molecular flexibility index (Phi) is 4.99. The van der Waals surface area contributed by atoms with E-state index in [9.17, 15) is 9.18 Å². The van der Waals surface area contributed by atoms with E-state index in [1.165, 1.54) is 19.2 Å². The number of hydrogen-bond acceptors (Lipinski definition) is 5. The monoisotopic (exact) mass is 335 g/mol. The first kappa shape index (κ1) is 17.1. The molecule has 2 heterocycles. The number of nitrogens with zero attached hydrogens (tertiary/aromatic N) is 1. The number of likely N-dealkylation sites (N-methyl/N-ethyl adjacent to an activating group) is 1. The van der Waals surface area contributed by atoms with Gasteiger partial charge in [-0.3, -0.25) is 4.90 Å². The minimum Gasteiger partial charge on any atom is -0.466 e. The Morgan fingerprint density at radius 3 is 2.62 bits per heavy atom. The zero-order valence-electron chi connectivity index (χ0n) is 14.1. The summed E-state index contributed by atoms with van der Waals surface area (Å²) in [4.78, 5) is 14.7. The molecule has 0 aliphatic carbocycles. The SMILES string of the molecule is COCOC1CC2CC(c3ccc(F)cc3)=C(C(=O)OC)C1N2C. The van der Waals surface area contributed by atoms with E-state index in [4.69, 9.17) is 14.2 Å². The van der Waals surface area contributed by atoms with Crippen LogP contribution in [0.4, 0.5) is 4.39 Å². The Morgan fingerprint density at radius 2 is 2.00 bits per heavy atom. The van der Waals surface area contributed by atoms with Crippen LogP contribution in [-0.4, -0.2) is 57.1 Å². The van der Waals surface area contributed by atoms with Crippen molar-refractivity contribution in [2.24, 2.45) is 0 Å². The smallest absolute Gasteiger partial charge is 0.335 e. The molecule has 6 heteroatoms. The lowest BCUT2D eigenvalue weighted by molar-refractivity contribution is -0.138. The largest absolute Gasteiger partial charge is 0.466 e. The van der Waals surface area contributed by atoms with Gasteiger partial charge in [-0.2, -0.15) is 0 Å². The van der Waals surface area contributed by atoms with Crippen LogP contribution in [0.25, 0.3) is 5.57 Å². The number of halogens is 1. The lowest BCUT2D eigenvalue weighted by atomic mass is 9.88. The molecule has 1 aromatic carbocycles.